The smallest absolute Gasteiger partial charge is 0.262 e. The second-order valence-electron chi connectivity index (χ2n) is 19.6. The monoisotopic (exact) mass is 950 g/mol. The Morgan fingerprint density at radius 1 is 0.814 bits per heavy atom. The molecule has 0 spiro atoms. The lowest BCUT2D eigenvalue weighted by Crippen LogP contribution is -2.54. The first-order valence-electron chi connectivity index (χ1n) is 24.4. The largest absolute Gasteiger partial charge is 0.490 e. The number of piperazine rings is 1. The van der Waals surface area contributed by atoms with Crippen molar-refractivity contribution in [1.29, 1.82) is 0 Å². The van der Waals surface area contributed by atoms with Crippen molar-refractivity contribution in [3.05, 3.63) is 94.9 Å². The van der Waals surface area contributed by atoms with Gasteiger partial charge in [-0.1, -0.05) is 0 Å². The fourth-order valence-corrected chi connectivity index (χ4v) is 10.8. The van der Waals surface area contributed by atoms with Gasteiger partial charge in [0.05, 0.1) is 34.8 Å². The Morgan fingerprint density at radius 2 is 1.54 bits per heavy atom. The van der Waals surface area contributed by atoms with Crippen molar-refractivity contribution in [2.75, 3.05) is 62.2 Å². The summed E-state index contributed by atoms with van der Waals surface area (Å²) >= 11 is 0. The SMILES string of the molecule is Cc1cncc(C)c1C[C@@H](C)Oc1ccc2[nH]nc(-c3ccc(N4CCN(C(=O)C5CCN(C(=O)CC6(O)CCN(c7ccc8c(c7)C(=O)N(C7CCC(=O)NC7=O)C8=O)CC6)CC5)CC4)nc3)c2c1. The van der Waals surface area contributed by atoms with Gasteiger partial charge < -0.3 is 29.4 Å². The number of carbonyl (C=O) groups excluding carboxylic acids is 6. The summed E-state index contributed by atoms with van der Waals surface area (Å²) in [7, 11) is 0. The van der Waals surface area contributed by atoms with Crippen LogP contribution in [-0.2, 0) is 25.6 Å². The first-order chi connectivity index (χ1) is 33.7. The Bertz CT molecular complexity index is 2860. The first-order valence-corrected chi connectivity index (χ1v) is 24.4. The quantitative estimate of drug-likeness (QED) is 0.157. The lowest BCUT2D eigenvalue weighted by atomic mass is 9.86. The molecule has 1 unspecified atom stereocenters. The number of aromatic nitrogens is 4. The molecule has 3 aromatic heterocycles. The highest BCUT2D eigenvalue weighted by molar-refractivity contribution is 6.23. The molecule has 4 saturated heterocycles. The third kappa shape index (κ3) is 9.19. The number of rotatable bonds is 11. The van der Waals surface area contributed by atoms with Gasteiger partial charge in [-0.3, -0.25) is 49.1 Å². The molecular formula is C52H58N10O8. The van der Waals surface area contributed by atoms with Crippen LogP contribution in [0.1, 0.15) is 89.3 Å². The molecule has 2 aromatic carbocycles. The number of amides is 6. The summed E-state index contributed by atoms with van der Waals surface area (Å²) in [4.78, 5) is 95.9. The van der Waals surface area contributed by atoms with Crippen LogP contribution in [0.3, 0.4) is 0 Å². The fourth-order valence-electron chi connectivity index (χ4n) is 10.8. The molecule has 5 aliphatic rings. The molecule has 5 aliphatic heterocycles. The molecule has 10 rings (SSSR count). The number of H-pyrrole nitrogens is 1. The Balaban J connectivity index is 0.669. The summed E-state index contributed by atoms with van der Waals surface area (Å²) in [6.07, 6.45) is 8.27. The topological polar surface area (TPSA) is 215 Å². The highest BCUT2D eigenvalue weighted by Gasteiger charge is 2.45. The number of carbonyl (C=O) groups is 6. The van der Waals surface area contributed by atoms with E-state index in [1.165, 1.54) is 5.56 Å². The number of aliphatic hydroxyl groups is 1. The zero-order valence-corrected chi connectivity index (χ0v) is 39.8. The van der Waals surface area contributed by atoms with Crippen molar-refractivity contribution >= 4 is 57.9 Å². The Kier molecular flexibility index (Phi) is 12.6. The van der Waals surface area contributed by atoms with E-state index in [4.69, 9.17) is 9.72 Å². The molecule has 18 nitrogen and oxygen atoms in total. The Morgan fingerprint density at radius 3 is 2.24 bits per heavy atom. The van der Waals surface area contributed by atoms with E-state index in [2.05, 4.69) is 46.2 Å². The summed E-state index contributed by atoms with van der Waals surface area (Å²) in [5, 5.41) is 22.5. The van der Waals surface area contributed by atoms with Crippen LogP contribution in [0.5, 0.6) is 5.75 Å². The number of nitrogens with zero attached hydrogens (tertiary/aromatic N) is 8. The number of nitrogens with one attached hydrogen (secondary N) is 2. The van der Waals surface area contributed by atoms with Crippen molar-refractivity contribution in [1.82, 2.24) is 40.2 Å². The van der Waals surface area contributed by atoms with Crippen LogP contribution < -0.4 is 19.9 Å². The van der Waals surface area contributed by atoms with Crippen LogP contribution in [0, 0.1) is 19.8 Å². The standard InChI is InChI=1S/C52H58N10O8/c1-31-28-53-29-32(2)39(31)24-33(3)70-37-6-8-42-41(26-37)47(57-56-42)35-4-10-44(54-30-35)59-20-22-61(23-21-59)49(66)34-12-16-60(17-13-34)46(64)27-52(69)14-18-58(19-15-52)36-5-7-38-40(25-36)51(68)62(50(38)67)43-9-11-45(63)55-48(43)65/h4-8,10,25-26,28-30,33-34,43,69H,9,11-24,27H2,1-3H3,(H,56,57)(H,55,63,65)/t33-,43?/m1/s1. The van der Waals surface area contributed by atoms with Crippen molar-refractivity contribution in [2.45, 2.75) is 89.9 Å². The van der Waals surface area contributed by atoms with E-state index in [0.29, 0.717) is 83.7 Å². The summed E-state index contributed by atoms with van der Waals surface area (Å²) < 4.78 is 6.38. The minimum absolute atomic E-state index is 0.0182. The van der Waals surface area contributed by atoms with Gasteiger partial charge in [-0.25, -0.2) is 4.98 Å². The molecule has 2 atom stereocenters. The van der Waals surface area contributed by atoms with Crippen LogP contribution in [0.25, 0.3) is 22.2 Å². The van der Waals surface area contributed by atoms with E-state index in [1.807, 2.05) is 58.7 Å². The van der Waals surface area contributed by atoms with Gasteiger partial charge in [0.25, 0.3) is 11.8 Å². The predicted molar refractivity (Wildman–Crippen MR) is 259 cm³/mol. The van der Waals surface area contributed by atoms with Crippen molar-refractivity contribution in [2.24, 2.45) is 5.92 Å². The van der Waals surface area contributed by atoms with Gasteiger partial charge in [0.15, 0.2) is 0 Å². The molecule has 4 fully saturated rings. The van der Waals surface area contributed by atoms with E-state index in [9.17, 15) is 33.9 Å². The van der Waals surface area contributed by atoms with E-state index in [0.717, 1.165) is 56.2 Å². The van der Waals surface area contributed by atoms with Crippen LogP contribution in [-0.4, -0.2) is 146 Å². The van der Waals surface area contributed by atoms with E-state index in [1.54, 1.807) is 23.1 Å². The Labute approximate surface area is 405 Å². The second kappa shape index (κ2) is 18.9. The average molecular weight is 951 g/mol. The lowest BCUT2D eigenvalue weighted by Gasteiger charge is -2.41. The summed E-state index contributed by atoms with van der Waals surface area (Å²) in [6.45, 7) is 10.5. The second-order valence-corrected chi connectivity index (χ2v) is 19.6. The molecule has 5 aromatic rings. The number of fused-ring (bicyclic) bond motifs is 2. The van der Waals surface area contributed by atoms with Gasteiger partial charge in [0.1, 0.15) is 23.3 Å². The van der Waals surface area contributed by atoms with Crippen LogP contribution >= 0.6 is 0 Å². The summed E-state index contributed by atoms with van der Waals surface area (Å²) in [6, 6.07) is 13.9. The molecule has 18 heteroatoms. The van der Waals surface area contributed by atoms with E-state index in [-0.39, 0.29) is 54.2 Å². The van der Waals surface area contributed by atoms with Gasteiger partial charge in [-0.2, -0.15) is 5.10 Å². The minimum atomic E-state index is -1.20. The molecule has 8 heterocycles. The predicted octanol–water partition coefficient (Wildman–Crippen LogP) is 4.36. The Hall–Kier alpha value is -7.21. The summed E-state index contributed by atoms with van der Waals surface area (Å²) in [5.41, 5.74) is 6.06. The van der Waals surface area contributed by atoms with Crippen molar-refractivity contribution in [3.63, 3.8) is 0 Å². The molecule has 3 N–H and O–H groups in total. The third-order valence-electron chi connectivity index (χ3n) is 14.9. The highest BCUT2D eigenvalue weighted by Crippen LogP contribution is 2.35. The molecule has 0 bridgehead atoms. The molecule has 0 saturated carbocycles. The molecular weight excluding hydrogens is 893 g/mol. The van der Waals surface area contributed by atoms with Crippen LogP contribution in [0.15, 0.2) is 67.1 Å². The molecule has 0 aliphatic carbocycles. The number of anilines is 2. The number of aryl methyl sites for hydroxylation is 2. The number of hydrogen-bond donors (Lipinski definition) is 3. The van der Waals surface area contributed by atoms with Gasteiger partial charge in [0, 0.05) is 106 Å². The maximum Gasteiger partial charge on any atom is 0.262 e. The first kappa shape index (κ1) is 46.5. The number of benzene rings is 2. The van der Waals surface area contributed by atoms with E-state index < -0.39 is 35.3 Å². The zero-order valence-electron chi connectivity index (χ0n) is 39.8. The number of pyridine rings is 2. The third-order valence-corrected chi connectivity index (χ3v) is 14.9. The lowest BCUT2D eigenvalue weighted by molar-refractivity contribution is -0.143. The van der Waals surface area contributed by atoms with Crippen molar-refractivity contribution < 1.29 is 38.6 Å². The number of ether oxygens (including phenoxy) is 1. The highest BCUT2D eigenvalue weighted by atomic mass is 16.5. The van der Waals surface area contributed by atoms with Crippen LogP contribution in [0.4, 0.5) is 11.5 Å². The normalized spacial score (nSPS) is 20.2. The van der Waals surface area contributed by atoms with Crippen LogP contribution in [0.2, 0.25) is 0 Å². The molecule has 70 heavy (non-hydrogen) atoms. The molecule has 0 radical (unpaired) electrons. The number of imide groups is 2. The zero-order chi connectivity index (χ0) is 48.8. The average Bonchev–Trinajstić information content (AvgIpc) is 3.89. The van der Waals surface area contributed by atoms with Crippen molar-refractivity contribution in [3.8, 4) is 17.0 Å². The minimum Gasteiger partial charge on any atom is -0.490 e. The van der Waals surface area contributed by atoms with E-state index >= 15 is 0 Å². The molecule has 364 valence electrons. The van der Waals surface area contributed by atoms with Gasteiger partial charge >= 0.3 is 0 Å². The maximum absolute atomic E-state index is 13.7. The number of hydrogen-bond acceptors (Lipinski definition) is 13. The summed E-state index contributed by atoms with van der Waals surface area (Å²) in [5.74, 6) is -0.796. The maximum atomic E-state index is 13.7. The molecule has 6 amide bonds. The fraction of sp³-hybridized carbons (Fsp3) is 0.442. The van der Waals surface area contributed by atoms with Gasteiger partial charge in [0.2, 0.25) is 23.6 Å². The van der Waals surface area contributed by atoms with Gasteiger partial charge in [-0.05, 0) is 118 Å². The van der Waals surface area contributed by atoms with Gasteiger partial charge in [-0.15, -0.1) is 0 Å². The number of likely N-dealkylation sites (tertiary alicyclic amines) is 1. The number of aromatic amines is 1. The number of piperidine rings is 3.